The monoisotopic (exact) mass is 540 g/mol. The summed E-state index contributed by atoms with van der Waals surface area (Å²) in [4.78, 5) is 21.5. The molecule has 2 aromatic rings. The summed E-state index contributed by atoms with van der Waals surface area (Å²) in [6.45, 7) is 12.7. The number of allylic oxidation sites excluding steroid dienone is 2. The first-order chi connectivity index (χ1) is 18.3. The number of aryl methyl sites for hydroxylation is 2. The van der Waals surface area contributed by atoms with Crippen LogP contribution in [0.15, 0.2) is 72.2 Å². The summed E-state index contributed by atoms with van der Waals surface area (Å²) in [5.41, 5.74) is 3.63. The van der Waals surface area contributed by atoms with Crippen molar-refractivity contribution < 1.29 is 28.2 Å². The normalized spacial score (nSPS) is 19.5. The highest BCUT2D eigenvalue weighted by molar-refractivity contribution is 5.76. The number of carboxylic acids is 1. The van der Waals surface area contributed by atoms with Crippen molar-refractivity contribution in [2.75, 3.05) is 7.05 Å². The quantitative estimate of drug-likeness (QED) is 0.229. The number of nitrogens with one attached hydrogen (secondary N) is 2. The van der Waals surface area contributed by atoms with Crippen LogP contribution in [-0.4, -0.2) is 29.9 Å². The first-order valence-electron chi connectivity index (χ1n) is 12.7. The Morgan fingerprint density at radius 1 is 1.26 bits per heavy atom. The van der Waals surface area contributed by atoms with E-state index >= 15 is 0 Å². The number of hydrogen-bond donors (Lipinski definition) is 3. The van der Waals surface area contributed by atoms with Crippen molar-refractivity contribution in [2.45, 2.75) is 59.0 Å². The second-order valence-electron chi connectivity index (χ2n) is 9.87. The first-order valence-corrected chi connectivity index (χ1v) is 12.7. The smallest absolute Gasteiger partial charge is 0.303 e. The third-order valence-electron chi connectivity index (χ3n) is 6.86. The maximum atomic E-state index is 13.8. The zero-order chi connectivity index (χ0) is 29.3. The maximum absolute atomic E-state index is 13.8. The third-order valence-corrected chi connectivity index (χ3v) is 6.86. The Morgan fingerprint density at radius 3 is 2.49 bits per heavy atom. The van der Waals surface area contributed by atoms with Gasteiger partial charge >= 0.3 is 5.97 Å². The number of aliphatic carboxylic acids is 1. The van der Waals surface area contributed by atoms with E-state index in [1.807, 2.05) is 46.9 Å². The molecule has 3 atom stereocenters. The van der Waals surface area contributed by atoms with Crippen molar-refractivity contribution in [1.82, 2.24) is 10.6 Å². The summed E-state index contributed by atoms with van der Waals surface area (Å²) >= 11 is 0. The van der Waals surface area contributed by atoms with Gasteiger partial charge in [-0.3, -0.25) is 9.59 Å². The molecule has 2 aromatic carbocycles. The summed E-state index contributed by atoms with van der Waals surface area (Å²) in [6, 6.07) is 10.1. The molecule has 0 spiro atoms. The van der Waals surface area contributed by atoms with Gasteiger partial charge in [0, 0.05) is 24.4 Å². The highest BCUT2D eigenvalue weighted by Crippen LogP contribution is 2.36. The van der Waals surface area contributed by atoms with E-state index < -0.39 is 11.5 Å². The van der Waals surface area contributed by atoms with E-state index in [0.29, 0.717) is 23.6 Å². The fourth-order valence-corrected chi connectivity index (χ4v) is 4.36. The average Bonchev–Trinajstić information content (AvgIpc) is 3.12. The van der Waals surface area contributed by atoms with Crippen molar-refractivity contribution in [3.63, 3.8) is 0 Å². The molecule has 1 aliphatic rings. The molecule has 6 nitrogen and oxygen atoms in total. The molecule has 0 aromatic heterocycles. The van der Waals surface area contributed by atoms with Crippen LogP contribution in [-0.2, 0) is 16.0 Å². The zero-order valence-corrected chi connectivity index (χ0v) is 23.4. The summed E-state index contributed by atoms with van der Waals surface area (Å²) in [7, 11) is 1.81. The fourth-order valence-electron chi connectivity index (χ4n) is 4.36. The van der Waals surface area contributed by atoms with E-state index in [4.69, 9.17) is 9.84 Å². The molecule has 8 heteroatoms. The summed E-state index contributed by atoms with van der Waals surface area (Å²) in [6.07, 6.45) is 4.55. The van der Waals surface area contributed by atoms with Gasteiger partial charge in [-0.1, -0.05) is 12.1 Å². The predicted molar refractivity (Wildman–Crippen MR) is 150 cm³/mol. The summed E-state index contributed by atoms with van der Waals surface area (Å²) in [5, 5.41) is 14.9. The number of ether oxygens (including phenoxy) is 1. The summed E-state index contributed by atoms with van der Waals surface area (Å²) < 4.78 is 32.5. The standard InChI is InChI=1S/C19H22FNO3.C12H16FNO/c1-12-8-17(6-4-14(12)5-7-19(22)23)24-18-10-15(13(2)21-3)9-16(20)11-18;1-5-12(4)10(6-8(2)13)9(3)11(7-15)14-12/h4,6,8-11,13,21H,5,7H2,1-3H3,(H,22,23);5-7,10,14H,1H2,2-4H3/b;8-6+/t13-;/m0./s1. The van der Waals surface area contributed by atoms with Crippen LogP contribution in [0, 0.1) is 18.7 Å². The second kappa shape index (κ2) is 13.8. The van der Waals surface area contributed by atoms with Crippen LogP contribution < -0.4 is 15.4 Å². The molecule has 2 unspecified atom stereocenters. The molecule has 0 saturated carbocycles. The molecule has 0 amide bonds. The van der Waals surface area contributed by atoms with Crippen LogP contribution in [0.4, 0.5) is 8.78 Å². The van der Waals surface area contributed by atoms with E-state index in [1.165, 1.54) is 25.1 Å². The summed E-state index contributed by atoms with van der Waals surface area (Å²) in [5.74, 6) is -0.535. The molecule has 0 radical (unpaired) electrons. The number of aldehydes is 1. The molecule has 3 N–H and O–H groups in total. The van der Waals surface area contributed by atoms with E-state index in [2.05, 4.69) is 17.2 Å². The first kappa shape index (κ1) is 31.4. The number of carbonyl (C=O) groups excluding carboxylic acids is 1. The van der Waals surface area contributed by atoms with Crippen LogP contribution >= 0.6 is 0 Å². The molecule has 1 heterocycles. The molecular formula is C31H38F2N2O4. The lowest BCUT2D eigenvalue weighted by atomic mass is 9.83. The predicted octanol–water partition coefficient (Wildman–Crippen LogP) is 6.72. The van der Waals surface area contributed by atoms with Crippen LogP contribution in [0.3, 0.4) is 0 Å². The average molecular weight is 541 g/mol. The van der Waals surface area contributed by atoms with Crippen LogP contribution in [0.25, 0.3) is 0 Å². The van der Waals surface area contributed by atoms with Gasteiger partial charge in [-0.25, -0.2) is 8.78 Å². The van der Waals surface area contributed by atoms with Gasteiger partial charge in [0.05, 0.1) is 17.1 Å². The van der Waals surface area contributed by atoms with Crippen LogP contribution in [0.5, 0.6) is 11.5 Å². The van der Waals surface area contributed by atoms with E-state index in [9.17, 15) is 18.4 Å². The Balaban J connectivity index is 0.000000306. The minimum absolute atomic E-state index is 0.0168. The minimum atomic E-state index is -0.819. The number of carbonyl (C=O) groups is 2. The molecule has 1 aliphatic heterocycles. The lowest BCUT2D eigenvalue weighted by molar-refractivity contribution is -0.137. The molecule has 39 heavy (non-hydrogen) atoms. The Morgan fingerprint density at radius 2 is 1.95 bits per heavy atom. The van der Waals surface area contributed by atoms with Crippen LogP contribution in [0.1, 0.15) is 56.8 Å². The Bertz CT molecular complexity index is 1270. The van der Waals surface area contributed by atoms with Gasteiger partial charge in [-0.2, -0.15) is 0 Å². The van der Waals surface area contributed by atoms with Crippen molar-refractivity contribution >= 4 is 12.3 Å². The SMILES string of the molecule is C=CC1(C)NC(C=O)=C(C)C1/C=C(\C)F.CN[C@@H](C)c1cc(F)cc(Oc2ccc(CCC(=O)O)c(C)c2)c1. The van der Waals surface area contributed by atoms with E-state index in [1.54, 1.807) is 18.2 Å². The minimum Gasteiger partial charge on any atom is -0.481 e. The molecule has 0 saturated heterocycles. The van der Waals surface area contributed by atoms with Crippen LogP contribution in [0.2, 0.25) is 0 Å². The van der Waals surface area contributed by atoms with Gasteiger partial charge in [-0.15, -0.1) is 6.58 Å². The van der Waals surface area contributed by atoms with Gasteiger partial charge in [-0.05, 0) is 101 Å². The zero-order valence-electron chi connectivity index (χ0n) is 23.4. The largest absolute Gasteiger partial charge is 0.481 e. The van der Waals surface area contributed by atoms with Gasteiger partial charge in [0.1, 0.15) is 17.3 Å². The Labute approximate surface area is 229 Å². The van der Waals surface area contributed by atoms with Gasteiger partial charge in [0.2, 0.25) is 0 Å². The highest BCUT2D eigenvalue weighted by atomic mass is 19.1. The molecule has 3 rings (SSSR count). The number of benzene rings is 2. The lowest BCUT2D eigenvalue weighted by Gasteiger charge is -2.28. The number of carboxylic acid groups (broad SMARTS) is 1. The molecule has 0 aliphatic carbocycles. The molecule has 0 bridgehead atoms. The fraction of sp³-hybridized carbons (Fsp3) is 0.355. The van der Waals surface area contributed by atoms with Crippen molar-refractivity contribution in [2.24, 2.45) is 5.92 Å². The number of rotatable bonds is 10. The van der Waals surface area contributed by atoms with E-state index in [0.717, 1.165) is 28.5 Å². The third kappa shape index (κ3) is 8.61. The molecule has 210 valence electrons. The second-order valence-corrected chi connectivity index (χ2v) is 9.87. The Hall–Kier alpha value is -3.78. The topological polar surface area (TPSA) is 87.7 Å². The molecular weight excluding hydrogens is 502 g/mol. The highest BCUT2D eigenvalue weighted by Gasteiger charge is 2.38. The van der Waals surface area contributed by atoms with Gasteiger partial charge < -0.3 is 20.5 Å². The van der Waals surface area contributed by atoms with Crippen molar-refractivity contribution in [3.05, 3.63) is 94.7 Å². The van der Waals surface area contributed by atoms with Gasteiger partial charge in [0.25, 0.3) is 0 Å². The van der Waals surface area contributed by atoms with Crippen molar-refractivity contribution in [3.8, 4) is 11.5 Å². The van der Waals surface area contributed by atoms with E-state index in [-0.39, 0.29) is 30.0 Å². The number of hydrogen-bond acceptors (Lipinski definition) is 5. The number of halogens is 2. The lowest BCUT2D eigenvalue weighted by Crippen LogP contribution is -2.40. The van der Waals surface area contributed by atoms with Crippen molar-refractivity contribution in [1.29, 1.82) is 0 Å². The molecule has 0 fully saturated rings. The Kier molecular flexibility index (Phi) is 11.2. The maximum Gasteiger partial charge on any atom is 0.303 e. The van der Waals surface area contributed by atoms with Gasteiger partial charge in [0.15, 0.2) is 6.29 Å².